The van der Waals surface area contributed by atoms with Gasteiger partial charge in [-0.25, -0.2) is 0 Å². The van der Waals surface area contributed by atoms with E-state index in [0.717, 1.165) is 19.4 Å². The zero-order valence-corrected chi connectivity index (χ0v) is 11.8. The molecule has 2 fully saturated rings. The molecule has 2 N–H and O–H groups in total. The Kier molecular flexibility index (Phi) is 3.63. The van der Waals surface area contributed by atoms with Gasteiger partial charge in [-0.1, -0.05) is 0 Å². The first-order valence-electron chi connectivity index (χ1n) is 7.38. The molecule has 2 aliphatic rings. The number of hydrogen-bond acceptors (Lipinski definition) is 4. The number of hydrogen-bond donors (Lipinski definition) is 2. The van der Waals surface area contributed by atoms with Gasteiger partial charge in [-0.15, -0.1) is 0 Å². The van der Waals surface area contributed by atoms with Crippen LogP contribution in [0.2, 0.25) is 0 Å². The number of nitro benzene ring substituents is 1. The zero-order chi connectivity index (χ0) is 14.9. The standard InChI is InChI=1S/C15H19N3O3/c19-14(11-2-4-13(5-3-11)18(20)21)17-12-6-9-16-15(10-12)7-1-8-15/h2-5,12,16H,1,6-10H2,(H,17,19). The van der Waals surface area contributed by atoms with Crippen LogP contribution in [0, 0.1) is 10.1 Å². The first kappa shape index (κ1) is 14.0. The van der Waals surface area contributed by atoms with Gasteiger partial charge in [-0.05, 0) is 50.8 Å². The summed E-state index contributed by atoms with van der Waals surface area (Å²) in [5.41, 5.74) is 0.717. The van der Waals surface area contributed by atoms with Crippen molar-refractivity contribution in [2.45, 2.75) is 43.7 Å². The predicted molar refractivity (Wildman–Crippen MR) is 78.2 cm³/mol. The van der Waals surface area contributed by atoms with Crippen molar-refractivity contribution in [1.29, 1.82) is 0 Å². The Labute approximate surface area is 123 Å². The van der Waals surface area contributed by atoms with Crippen LogP contribution >= 0.6 is 0 Å². The number of non-ortho nitro benzene ring substituents is 1. The van der Waals surface area contributed by atoms with Crippen molar-refractivity contribution in [3.63, 3.8) is 0 Å². The summed E-state index contributed by atoms with van der Waals surface area (Å²) in [6, 6.07) is 5.94. The van der Waals surface area contributed by atoms with E-state index in [-0.39, 0.29) is 23.2 Å². The molecule has 21 heavy (non-hydrogen) atoms. The van der Waals surface area contributed by atoms with Crippen LogP contribution in [0.5, 0.6) is 0 Å². The highest BCUT2D eigenvalue weighted by Gasteiger charge is 2.41. The number of piperidine rings is 1. The van der Waals surface area contributed by atoms with E-state index in [1.807, 2.05) is 0 Å². The van der Waals surface area contributed by atoms with E-state index in [0.29, 0.717) is 5.56 Å². The lowest BCUT2D eigenvalue weighted by atomic mass is 9.70. The van der Waals surface area contributed by atoms with E-state index < -0.39 is 4.92 Å². The van der Waals surface area contributed by atoms with Crippen molar-refractivity contribution < 1.29 is 9.72 Å². The summed E-state index contributed by atoms with van der Waals surface area (Å²) in [7, 11) is 0. The number of nitrogens with one attached hydrogen (secondary N) is 2. The minimum atomic E-state index is -0.463. The first-order chi connectivity index (χ1) is 10.1. The number of carbonyl (C=O) groups is 1. The van der Waals surface area contributed by atoms with Crippen LogP contribution in [-0.4, -0.2) is 29.0 Å². The molecule has 1 aromatic carbocycles. The number of benzene rings is 1. The fraction of sp³-hybridized carbons (Fsp3) is 0.533. The van der Waals surface area contributed by atoms with Gasteiger partial charge in [-0.2, -0.15) is 0 Å². The smallest absolute Gasteiger partial charge is 0.269 e. The van der Waals surface area contributed by atoms with Gasteiger partial charge in [0, 0.05) is 29.3 Å². The number of nitro groups is 1. The molecule has 6 heteroatoms. The third kappa shape index (κ3) is 2.90. The highest BCUT2D eigenvalue weighted by atomic mass is 16.6. The molecule has 6 nitrogen and oxygen atoms in total. The summed E-state index contributed by atoms with van der Waals surface area (Å²) in [5, 5.41) is 17.2. The van der Waals surface area contributed by atoms with E-state index in [2.05, 4.69) is 10.6 Å². The average Bonchev–Trinajstić information content (AvgIpc) is 2.46. The Morgan fingerprint density at radius 1 is 1.33 bits per heavy atom. The summed E-state index contributed by atoms with van der Waals surface area (Å²) >= 11 is 0. The summed E-state index contributed by atoms with van der Waals surface area (Å²) in [5.74, 6) is -0.147. The van der Waals surface area contributed by atoms with Crippen LogP contribution in [0.15, 0.2) is 24.3 Å². The molecule has 0 radical (unpaired) electrons. The van der Waals surface area contributed by atoms with Crippen molar-refractivity contribution in [3.05, 3.63) is 39.9 Å². The summed E-state index contributed by atoms with van der Waals surface area (Å²) in [6.07, 6.45) is 5.55. The van der Waals surface area contributed by atoms with Gasteiger partial charge in [0.25, 0.3) is 11.6 Å². The van der Waals surface area contributed by atoms with E-state index in [4.69, 9.17) is 0 Å². The number of nitrogens with zero attached hydrogens (tertiary/aromatic N) is 1. The van der Waals surface area contributed by atoms with Crippen molar-refractivity contribution in [2.24, 2.45) is 0 Å². The van der Waals surface area contributed by atoms with Gasteiger partial charge in [0.1, 0.15) is 0 Å². The van der Waals surface area contributed by atoms with Gasteiger partial charge in [0.05, 0.1) is 4.92 Å². The molecule has 0 aromatic heterocycles. The lowest BCUT2D eigenvalue weighted by Gasteiger charge is -2.48. The first-order valence-corrected chi connectivity index (χ1v) is 7.38. The Bertz CT molecular complexity index is 552. The highest BCUT2D eigenvalue weighted by molar-refractivity contribution is 5.94. The summed E-state index contributed by atoms with van der Waals surface area (Å²) in [6.45, 7) is 0.936. The van der Waals surface area contributed by atoms with Crippen molar-refractivity contribution in [3.8, 4) is 0 Å². The maximum Gasteiger partial charge on any atom is 0.269 e. The molecule has 1 heterocycles. The second-order valence-electron chi connectivity index (χ2n) is 6.03. The third-order valence-corrected chi connectivity index (χ3v) is 4.62. The Hall–Kier alpha value is -1.95. The molecule has 1 atom stereocenters. The molecule has 1 unspecified atom stereocenters. The zero-order valence-electron chi connectivity index (χ0n) is 11.8. The second kappa shape index (κ2) is 5.44. The number of carbonyl (C=O) groups excluding carboxylic acids is 1. The number of amides is 1. The molecule has 1 aromatic rings. The average molecular weight is 289 g/mol. The van der Waals surface area contributed by atoms with E-state index in [9.17, 15) is 14.9 Å². The maximum atomic E-state index is 12.2. The number of rotatable bonds is 3. The van der Waals surface area contributed by atoms with Crippen LogP contribution in [-0.2, 0) is 0 Å². The molecular weight excluding hydrogens is 270 g/mol. The van der Waals surface area contributed by atoms with E-state index in [1.165, 1.54) is 43.5 Å². The largest absolute Gasteiger partial charge is 0.349 e. The SMILES string of the molecule is O=C(NC1CCNC2(CCC2)C1)c1ccc([N+](=O)[O-])cc1. The minimum Gasteiger partial charge on any atom is -0.349 e. The molecule has 1 saturated heterocycles. The fourth-order valence-electron chi connectivity index (χ4n) is 3.27. The summed E-state index contributed by atoms with van der Waals surface area (Å²) in [4.78, 5) is 22.4. The molecule has 0 bridgehead atoms. The van der Waals surface area contributed by atoms with E-state index in [1.54, 1.807) is 0 Å². The van der Waals surface area contributed by atoms with Gasteiger partial charge in [-0.3, -0.25) is 14.9 Å². The Balaban J connectivity index is 1.61. The lowest BCUT2D eigenvalue weighted by Crippen LogP contribution is -2.59. The normalized spacial score (nSPS) is 23.3. The van der Waals surface area contributed by atoms with Crippen molar-refractivity contribution >= 4 is 11.6 Å². The van der Waals surface area contributed by atoms with Crippen molar-refractivity contribution in [2.75, 3.05) is 6.54 Å². The minimum absolute atomic E-state index is 0.00170. The fourth-order valence-corrected chi connectivity index (χ4v) is 3.27. The molecule has 1 aliphatic heterocycles. The van der Waals surface area contributed by atoms with Crippen LogP contribution < -0.4 is 10.6 Å². The lowest BCUT2D eigenvalue weighted by molar-refractivity contribution is -0.384. The van der Waals surface area contributed by atoms with Gasteiger partial charge < -0.3 is 10.6 Å². The van der Waals surface area contributed by atoms with E-state index >= 15 is 0 Å². The topological polar surface area (TPSA) is 84.3 Å². The highest BCUT2D eigenvalue weighted by Crippen LogP contribution is 2.38. The molecule has 3 rings (SSSR count). The monoisotopic (exact) mass is 289 g/mol. The van der Waals surface area contributed by atoms with Crippen LogP contribution in [0.1, 0.15) is 42.5 Å². The molecular formula is C15H19N3O3. The Morgan fingerprint density at radius 3 is 2.62 bits per heavy atom. The van der Waals surface area contributed by atoms with Crippen LogP contribution in [0.4, 0.5) is 5.69 Å². The summed E-state index contributed by atoms with van der Waals surface area (Å²) < 4.78 is 0. The van der Waals surface area contributed by atoms with Crippen molar-refractivity contribution in [1.82, 2.24) is 10.6 Å². The second-order valence-corrected chi connectivity index (χ2v) is 6.03. The molecule has 1 spiro atoms. The quantitative estimate of drug-likeness (QED) is 0.658. The molecule has 1 saturated carbocycles. The molecule has 1 amide bonds. The van der Waals surface area contributed by atoms with Gasteiger partial charge in [0.2, 0.25) is 0 Å². The van der Waals surface area contributed by atoms with Crippen LogP contribution in [0.3, 0.4) is 0 Å². The van der Waals surface area contributed by atoms with Gasteiger partial charge in [0.15, 0.2) is 0 Å². The Morgan fingerprint density at radius 2 is 2.05 bits per heavy atom. The van der Waals surface area contributed by atoms with Crippen LogP contribution in [0.25, 0.3) is 0 Å². The maximum absolute atomic E-state index is 12.2. The molecule has 112 valence electrons. The van der Waals surface area contributed by atoms with Gasteiger partial charge >= 0.3 is 0 Å². The third-order valence-electron chi connectivity index (χ3n) is 4.62. The molecule has 1 aliphatic carbocycles. The predicted octanol–water partition coefficient (Wildman–Crippen LogP) is 2.00.